The Bertz CT molecular complexity index is 862. The lowest BCUT2D eigenvalue weighted by Crippen LogP contribution is -2.27. The number of hydrogen-bond donors (Lipinski definition) is 2. The summed E-state index contributed by atoms with van der Waals surface area (Å²) in [5.74, 6) is 2.35. The first-order valence-corrected chi connectivity index (χ1v) is 9.36. The fraction of sp³-hybridized carbons (Fsp3) is 0.450. The molecule has 0 bridgehead atoms. The first-order chi connectivity index (χ1) is 13.6. The third-order valence-electron chi connectivity index (χ3n) is 4.89. The van der Waals surface area contributed by atoms with Gasteiger partial charge in [0.15, 0.2) is 17.3 Å². The van der Waals surface area contributed by atoms with Crippen molar-refractivity contribution in [3.05, 3.63) is 41.7 Å². The summed E-state index contributed by atoms with van der Waals surface area (Å²) < 4.78 is 12.4. The molecule has 9 heteroatoms. The molecule has 1 aliphatic heterocycles. The average molecular weight is 422 g/mol. The van der Waals surface area contributed by atoms with Crippen LogP contribution in [0.25, 0.3) is 0 Å². The molecule has 1 fully saturated rings. The van der Waals surface area contributed by atoms with E-state index in [0.29, 0.717) is 35.3 Å². The van der Waals surface area contributed by atoms with Gasteiger partial charge in [0, 0.05) is 24.1 Å². The summed E-state index contributed by atoms with van der Waals surface area (Å²) in [5.41, 5.74) is 1.29. The number of nitrogens with zero attached hydrogens (tertiary/aromatic N) is 3. The molecule has 1 saturated heterocycles. The van der Waals surface area contributed by atoms with Gasteiger partial charge >= 0.3 is 0 Å². The van der Waals surface area contributed by atoms with E-state index in [2.05, 4.69) is 27.3 Å². The predicted molar refractivity (Wildman–Crippen MR) is 114 cm³/mol. The quantitative estimate of drug-likeness (QED) is 0.668. The molecular formula is C20H28ClN5O3. The summed E-state index contributed by atoms with van der Waals surface area (Å²) in [7, 11) is 4.90. The number of halogens is 1. The summed E-state index contributed by atoms with van der Waals surface area (Å²) >= 11 is 0. The molecule has 1 aliphatic rings. The maximum atomic E-state index is 12.9. The van der Waals surface area contributed by atoms with E-state index < -0.39 is 0 Å². The monoisotopic (exact) mass is 421 g/mol. The molecule has 1 aromatic carbocycles. The summed E-state index contributed by atoms with van der Waals surface area (Å²) in [6.07, 6.45) is 4.31. The van der Waals surface area contributed by atoms with E-state index in [1.54, 1.807) is 44.2 Å². The highest BCUT2D eigenvalue weighted by molar-refractivity contribution is 6.04. The number of nitrogens with one attached hydrogen (secondary N) is 2. The summed E-state index contributed by atoms with van der Waals surface area (Å²) in [5, 5.41) is 10.7. The molecule has 29 heavy (non-hydrogen) atoms. The third-order valence-corrected chi connectivity index (χ3v) is 4.89. The fourth-order valence-corrected chi connectivity index (χ4v) is 3.42. The number of aromatic nitrogens is 3. The second-order valence-electron chi connectivity index (χ2n) is 6.76. The summed E-state index contributed by atoms with van der Waals surface area (Å²) in [6, 6.07) is 3.44. The van der Waals surface area contributed by atoms with E-state index in [1.165, 1.54) is 0 Å². The number of allylic oxidation sites excluding steroid dienone is 1. The van der Waals surface area contributed by atoms with Gasteiger partial charge in [0.1, 0.15) is 0 Å². The van der Waals surface area contributed by atoms with Crippen molar-refractivity contribution in [1.29, 1.82) is 0 Å². The van der Waals surface area contributed by atoms with Crippen LogP contribution in [0.2, 0.25) is 0 Å². The number of benzene rings is 1. The number of hydrogen-bond acceptors (Lipinski definition) is 6. The lowest BCUT2D eigenvalue weighted by atomic mass is 9.98. The second-order valence-corrected chi connectivity index (χ2v) is 6.76. The highest BCUT2D eigenvalue weighted by atomic mass is 35.5. The molecule has 158 valence electrons. The zero-order valence-electron chi connectivity index (χ0n) is 17.0. The van der Waals surface area contributed by atoms with Crippen LogP contribution in [0.1, 0.15) is 40.5 Å². The number of piperidine rings is 1. The lowest BCUT2D eigenvalue weighted by molar-refractivity contribution is 0.102. The zero-order valence-corrected chi connectivity index (χ0v) is 17.8. The minimum Gasteiger partial charge on any atom is -0.493 e. The van der Waals surface area contributed by atoms with Crippen LogP contribution in [0.15, 0.2) is 24.8 Å². The summed E-state index contributed by atoms with van der Waals surface area (Å²) in [4.78, 5) is 17.4. The van der Waals surface area contributed by atoms with Crippen LogP contribution in [0.4, 0.5) is 5.95 Å². The Balaban J connectivity index is 0.00000300. The van der Waals surface area contributed by atoms with Gasteiger partial charge in [-0.25, -0.2) is 4.68 Å². The van der Waals surface area contributed by atoms with Crippen molar-refractivity contribution < 1.29 is 14.3 Å². The van der Waals surface area contributed by atoms with Crippen LogP contribution < -0.4 is 20.1 Å². The largest absolute Gasteiger partial charge is 0.493 e. The number of ether oxygens (including phenoxy) is 2. The number of anilines is 1. The van der Waals surface area contributed by atoms with Crippen molar-refractivity contribution in [3.8, 4) is 11.5 Å². The molecule has 0 spiro atoms. The highest BCUT2D eigenvalue weighted by Crippen LogP contribution is 2.33. The van der Waals surface area contributed by atoms with Gasteiger partial charge < -0.3 is 14.8 Å². The molecule has 0 saturated carbocycles. The average Bonchev–Trinajstić information content (AvgIpc) is 3.08. The van der Waals surface area contributed by atoms with Gasteiger partial charge in [-0.1, -0.05) is 6.08 Å². The van der Waals surface area contributed by atoms with Crippen molar-refractivity contribution in [1.82, 2.24) is 20.1 Å². The van der Waals surface area contributed by atoms with Crippen molar-refractivity contribution in [2.75, 3.05) is 32.6 Å². The molecule has 0 radical (unpaired) electrons. The van der Waals surface area contributed by atoms with Crippen LogP contribution in [0, 0.1) is 0 Å². The van der Waals surface area contributed by atoms with Gasteiger partial charge in [-0.15, -0.1) is 19.0 Å². The molecule has 2 heterocycles. The highest BCUT2D eigenvalue weighted by Gasteiger charge is 2.22. The van der Waals surface area contributed by atoms with E-state index in [1.807, 2.05) is 0 Å². The minimum atomic E-state index is -0.279. The number of methoxy groups -OCH3 is 2. The Labute approximate surface area is 177 Å². The van der Waals surface area contributed by atoms with Gasteiger partial charge in [0.2, 0.25) is 5.95 Å². The molecule has 8 nitrogen and oxygen atoms in total. The first kappa shape index (κ1) is 22.7. The maximum Gasteiger partial charge on any atom is 0.258 e. The SMILES string of the molecule is C=CCc1cc(C(=O)Nc2nc(C3CCNCC3)nn2C)cc(OC)c1OC.Cl. The zero-order chi connectivity index (χ0) is 20.1. The summed E-state index contributed by atoms with van der Waals surface area (Å²) in [6.45, 7) is 5.69. The fourth-order valence-electron chi connectivity index (χ4n) is 3.42. The molecule has 0 atom stereocenters. The van der Waals surface area contributed by atoms with Gasteiger partial charge in [-0.2, -0.15) is 10.1 Å². The molecular weight excluding hydrogens is 394 g/mol. The van der Waals surface area contributed by atoms with Crippen LogP contribution in [0.3, 0.4) is 0 Å². The van der Waals surface area contributed by atoms with Crippen molar-refractivity contribution in [2.24, 2.45) is 7.05 Å². The van der Waals surface area contributed by atoms with E-state index in [-0.39, 0.29) is 18.3 Å². The van der Waals surface area contributed by atoms with Gasteiger partial charge in [0.25, 0.3) is 5.91 Å². The topological polar surface area (TPSA) is 90.3 Å². The Morgan fingerprint density at radius 1 is 1.34 bits per heavy atom. The second kappa shape index (κ2) is 10.3. The number of carbonyl (C=O) groups is 1. The van der Waals surface area contributed by atoms with Crippen molar-refractivity contribution >= 4 is 24.3 Å². The maximum absolute atomic E-state index is 12.9. The lowest BCUT2D eigenvalue weighted by Gasteiger charge is -2.19. The standard InChI is InChI=1S/C20H27N5O3.ClH/c1-5-6-14-11-15(12-16(27-3)17(14)28-4)19(26)23-20-22-18(24-25(20)2)13-7-9-21-10-8-13;/h5,11-13,21H,1,6-10H2,2-4H3,(H,22,23,24,26);1H. The van der Waals surface area contributed by atoms with Crippen molar-refractivity contribution in [3.63, 3.8) is 0 Å². The van der Waals surface area contributed by atoms with Gasteiger partial charge in [-0.05, 0) is 44.5 Å². The molecule has 0 unspecified atom stereocenters. The molecule has 2 aromatic rings. The van der Waals surface area contributed by atoms with E-state index in [9.17, 15) is 4.79 Å². The Kier molecular flexibility index (Phi) is 8.04. The smallest absolute Gasteiger partial charge is 0.258 e. The van der Waals surface area contributed by atoms with E-state index >= 15 is 0 Å². The predicted octanol–water partition coefficient (Wildman–Crippen LogP) is 2.70. The number of carbonyl (C=O) groups excluding carboxylic acids is 1. The number of amides is 1. The van der Waals surface area contributed by atoms with Crippen LogP contribution in [-0.4, -0.2) is 48.0 Å². The number of rotatable bonds is 7. The first-order valence-electron chi connectivity index (χ1n) is 9.36. The van der Waals surface area contributed by atoms with Gasteiger partial charge in [0.05, 0.1) is 14.2 Å². The third kappa shape index (κ3) is 5.07. The molecule has 3 rings (SSSR count). The Hall–Kier alpha value is -2.58. The minimum absolute atomic E-state index is 0. The Morgan fingerprint density at radius 2 is 2.07 bits per heavy atom. The Morgan fingerprint density at radius 3 is 2.69 bits per heavy atom. The molecule has 1 aromatic heterocycles. The normalized spacial score (nSPS) is 14.0. The van der Waals surface area contributed by atoms with Crippen LogP contribution >= 0.6 is 12.4 Å². The molecule has 2 N–H and O–H groups in total. The molecule has 1 amide bonds. The number of aryl methyl sites for hydroxylation is 1. The van der Waals surface area contributed by atoms with Crippen LogP contribution in [-0.2, 0) is 13.5 Å². The van der Waals surface area contributed by atoms with E-state index in [0.717, 1.165) is 37.3 Å². The molecule has 0 aliphatic carbocycles. The van der Waals surface area contributed by atoms with Gasteiger partial charge in [-0.3, -0.25) is 10.1 Å². The van der Waals surface area contributed by atoms with E-state index in [4.69, 9.17) is 9.47 Å². The van der Waals surface area contributed by atoms with Crippen LogP contribution in [0.5, 0.6) is 11.5 Å². The van der Waals surface area contributed by atoms with Crippen molar-refractivity contribution in [2.45, 2.75) is 25.2 Å².